The van der Waals surface area contributed by atoms with Crippen LogP contribution in [0.1, 0.15) is 67.3 Å². The van der Waals surface area contributed by atoms with E-state index >= 15 is 0 Å². The topological polar surface area (TPSA) is 82.3 Å². The van der Waals surface area contributed by atoms with Crippen molar-refractivity contribution in [3.05, 3.63) is 71.4 Å². The van der Waals surface area contributed by atoms with Crippen molar-refractivity contribution in [1.29, 1.82) is 5.26 Å². The standard InChI is InChI=1S/C31H36ClF2N5O.C3H2FO.Li/c1-3-38(15-5-4-14-35)28-23-10-12-31(11-9-22-24(31)7-6-8-25(22)32)20(2)26(23)36-29(37-28)40-19-30-13-16-39(30)18-21(17-30)27(33)34;1-3(4)2-5;/h5-8,20-21,27H,1,3-4,9-13,15-19H2,2H3;1H2;/q-2;-1;+1/t20-,21-,30?,31-;;/m0../s1. The molecule has 46 heavy (non-hydrogen) atoms. The SMILES string of the molecule is C=C(F)[C-]=O.[CH2-]CN(C[CH-]CC#N)c1nc(OCC23CCN2C[C@@H](C(F)F)C3)nc2c1CC[C@@]1(CCc3c(Cl)cccc31)[C@H]2C.[Li+]. The first-order chi connectivity index (χ1) is 21.6. The number of anilines is 1. The molecule has 2 aliphatic carbocycles. The van der Waals surface area contributed by atoms with Gasteiger partial charge in [0.2, 0.25) is 6.43 Å². The second-order valence-corrected chi connectivity index (χ2v) is 12.9. The molecule has 1 unspecified atom stereocenters. The van der Waals surface area contributed by atoms with E-state index in [9.17, 15) is 13.2 Å². The fourth-order valence-electron chi connectivity index (χ4n) is 7.79. The van der Waals surface area contributed by atoms with Crippen LogP contribution < -0.4 is 28.5 Å². The van der Waals surface area contributed by atoms with Gasteiger partial charge in [0.25, 0.3) is 0 Å². The summed E-state index contributed by atoms with van der Waals surface area (Å²) < 4.78 is 44.2. The Kier molecular flexibility index (Phi) is 11.9. The maximum absolute atomic E-state index is 13.5. The Balaban J connectivity index is 0.000000745. The third kappa shape index (κ3) is 6.85. The predicted molar refractivity (Wildman–Crippen MR) is 167 cm³/mol. The van der Waals surface area contributed by atoms with Gasteiger partial charge >= 0.3 is 24.9 Å². The van der Waals surface area contributed by atoms with Crippen LogP contribution in [0.25, 0.3) is 0 Å². The van der Waals surface area contributed by atoms with Gasteiger partial charge in [0, 0.05) is 53.3 Å². The number of halogens is 4. The number of ether oxygens (including phenoxy) is 1. The summed E-state index contributed by atoms with van der Waals surface area (Å²) in [5.74, 6) is -0.750. The van der Waals surface area contributed by atoms with Crippen LogP contribution >= 0.6 is 11.6 Å². The molecule has 4 aliphatic rings. The van der Waals surface area contributed by atoms with Crippen LogP contribution in [0.5, 0.6) is 6.01 Å². The molecule has 1 spiro atoms. The van der Waals surface area contributed by atoms with E-state index in [0.717, 1.165) is 67.0 Å². The summed E-state index contributed by atoms with van der Waals surface area (Å²) in [6, 6.07) is 8.71. The van der Waals surface area contributed by atoms with E-state index < -0.39 is 18.2 Å². The van der Waals surface area contributed by atoms with E-state index in [-0.39, 0.29) is 35.7 Å². The molecule has 1 aromatic carbocycles. The predicted octanol–water partition coefficient (Wildman–Crippen LogP) is 3.51. The molecule has 2 aliphatic heterocycles. The number of aromatic nitrogens is 2. The van der Waals surface area contributed by atoms with Gasteiger partial charge in [0.15, 0.2) is 0 Å². The van der Waals surface area contributed by atoms with Crippen molar-refractivity contribution in [3.8, 4) is 12.1 Å². The normalized spacial score (nSPS) is 25.6. The molecule has 12 heteroatoms. The van der Waals surface area contributed by atoms with E-state index in [4.69, 9.17) is 36.4 Å². The van der Waals surface area contributed by atoms with Crippen molar-refractivity contribution >= 4 is 23.7 Å². The van der Waals surface area contributed by atoms with Crippen molar-refractivity contribution in [2.75, 3.05) is 37.7 Å². The zero-order valence-corrected chi connectivity index (χ0v) is 27.3. The molecule has 1 aromatic heterocycles. The first kappa shape index (κ1) is 36.3. The van der Waals surface area contributed by atoms with Gasteiger partial charge in [0.05, 0.1) is 11.2 Å². The number of alkyl halides is 2. The number of hydrogen-bond acceptors (Lipinski definition) is 7. The van der Waals surface area contributed by atoms with Crippen molar-refractivity contribution in [2.24, 2.45) is 5.92 Å². The van der Waals surface area contributed by atoms with Gasteiger partial charge in [-0.1, -0.05) is 37.1 Å². The van der Waals surface area contributed by atoms with Crippen LogP contribution in [0.15, 0.2) is 30.6 Å². The van der Waals surface area contributed by atoms with Crippen LogP contribution in [0.3, 0.4) is 0 Å². The summed E-state index contributed by atoms with van der Waals surface area (Å²) in [5, 5.41) is 9.90. The Morgan fingerprint density at radius 1 is 1.33 bits per heavy atom. The summed E-state index contributed by atoms with van der Waals surface area (Å²) in [6.07, 6.45) is 5.93. The minimum atomic E-state index is -2.32. The van der Waals surface area contributed by atoms with Gasteiger partial charge in [-0.3, -0.25) is 11.3 Å². The van der Waals surface area contributed by atoms with Crippen LogP contribution in [0.4, 0.5) is 19.0 Å². The maximum Gasteiger partial charge on any atom is 1.00 e. The second kappa shape index (κ2) is 15.1. The van der Waals surface area contributed by atoms with Gasteiger partial charge in [-0.2, -0.15) is 9.97 Å². The number of carbonyl (C=O) groups excluding carboxylic acids is 1. The van der Waals surface area contributed by atoms with Crippen molar-refractivity contribution in [2.45, 2.75) is 75.2 Å². The molecule has 0 radical (unpaired) electrons. The molecule has 4 atom stereocenters. The molecule has 3 heterocycles. The average Bonchev–Trinajstić information content (AvgIpc) is 3.52. The number of nitrogens with zero attached hydrogens (tertiary/aromatic N) is 5. The molecule has 0 amide bonds. The first-order valence-corrected chi connectivity index (χ1v) is 15.8. The van der Waals surface area contributed by atoms with E-state index in [1.807, 2.05) is 18.6 Å². The number of rotatable bonds is 10. The summed E-state index contributed by atoms with van der Waals surface area (Å²) in [6.45, 7) is 11.6. The fraction of sp³-hybridized carbons (Fsp3) is 0.529. The molecule has 2 fully saturated rings. The molecular weight excluding hydrogens is 610 g/mol. The van der Waals surface area contributed by atoms with Gasteiger partial charge in [0.1, 0.15) is 12.4 Å². The molecule has 0 saturated carbocycles. The quantitative estimate of drug-likeness (QED) is 0.169. The first-order valence-electron chi connectivity index (χ1n) is 15.4. The van der Waals surface area contributed by atoms with E-state index in [0.29, 0.717) is 45.1 Å². The summed E-state index contributed by atoms with van der Waals surface area (Å²) in [4.78, 5) is 23.1. The number of unbranched alkanes of at least 4 members (excludes halogenated alkanes) is 1. The van der Waals surface area contributed by atoms with Gasteiger partial charge < -0.3 is 21.4 Å². The minimum Gasteiger partial charge on any atom is -0.461 e. The Morgan fingerprint density at radius 3 is 2.65 bits per heavy atom. The number of nitriles is 1. The van der Waals surface area contributed by atoms with Crippen LogP contribution in [0.2, 0.25) is 5.02 Å². The number of hydrogen-bond donors (Lipinski definition) is 0. The van der Waals surface area contributed by atoms with E-state index in [1.54, 1.807) is 0 Å². The Labute approximate surface area is 286 Å². The number of fused-ring (bicyclic) bond motifs is 4. The molecule has 0 N–H and O–H groups in total. The van der Waals surface area contributed by atoms with Crippen molar-refractivity contribution in [1.82, 2.24) is 14.9 Å². The summed E-state index contributed by atoms with van der Waals surface area (Å²) in [7, 11) is 0. The molecular formula is C34H38ClF3LiN5O2-2. The average molecular weight is 648 g/mol. The Bertz CT molecular complexity index is 1470. The zero-order chi connectivity index (χ0) is 32.4. The largest absolute Gasteiger partial charge is 1.00 e. The van der Waals surface area contributed by atoms with Crippen LogP contribution in [-0.2, 0) is 23.1 Å². The second-order valence-electron chi connectivity index (χ2n) is 12.4. The smallest absolute Gasteiger partial charge is 0.461 e. The number of benzene rings is 1. The Hall–Kier alpha value is -2.56. The van der Waals surface area contributed by atoms with Gasteiger partial charge in [-0.25, -0.2) is 25.0 Å². The third-order valence-electron chi connectivity index (χ3n) is 10.2. The molecule has 2 aromatic rings. The van der Waals surface area contributed by atoms with Crippen molar-refractivity contribution in [3.63, 3.8) is 0 Å². The zero-order valence-electron chi connectivity index (χ0n) is 26.5. The van der Waals surface area contributed by atoms with E-state index in [1.165, 1.54) is 11.1 Å². The van der Waals surface area contributed by atoms with Crippen LogP contribution in [-0.4, -0.2) is 65.9 Å². The summed E-state index contributed by atoms with van der Waals surface area (Å²) in [5.41, 5.74) is 4.24. The van der Waals surface area contributed by atoms with Gasteiger partial charge in [-0.15, -0.1) is 13.1 Å². The third-order valence-corrected chi connectivity index (χ3v) is 10.6. The molecule has 7 nitrogen and oxygen atoms in total. The fourth-order valence-corrected chi connectivity index (χ4v) is 8.06. The minimum absolute atomic E-state index is 0. The Morgan fingerprint density at radius 2 is 2.04 bits per heavy atom. The maximum atomic E-state index is 13.5. The monoisotopic (exact) mass is 647 g/mol. The molecule has 0 bridgehead atoms. The van der Waals surface area contributed by atoms with Crippen molar-refractivity contribution < 1.29 is 41.6 Å². The number of allylic oxidation sites excluding steroid dienone is 1. The van der Waals surface area contributed by atoms with Gasteiger partial charge in [-0.05, 0) is 61.5 Å². The summed E-state index contributed by atoms with van der Waals surface area (Å²) >= 11 is 6.62. The molecule has 6 rings (SSSR count). The van der Waals surface area contributed by atoms with E-state index in [2.05, 4.69) is 42.4 Å². The molecule has 2 saturated heterocycles. The molecule has 242 valence electrons. The van der Waals surface area contributed by atoms with Crippen LogP contribution in [0, 0.1) is 30.6 Å².